The molecule has 5 nitrogen and oxygen atoms in total. The van der Waals surface area contributed by atoms with E-state index in [1.807, 2.05) is 6.92 Å². The summed E-state index contributed by atoms with van der Waals surface area (Å²) in [7, 11) is -7.05. The molecule has 20 heavy (non-hydrogen) atoms. The van der Waals surface area contributed by atoms with Gasteiger partial charge in [-0.05, 0) is 25.5 Å². The molecule has 1 fully saturated rings. The number of benzene rings is 1. The van der Waals surface area contributed by atoms with Crippen LogP contribution in [0.1, 0.15) is 11.1 Å². The van der Waals surface area contributed by atoms with Crippen LogP contribution in [-0.4, -0.2) is 39.8 Å². The average molecular weight is 338 g/mol. The second kappa shape index (κ2) is 5.29. The highest BCUT2D eigenvalue weighted by Crippen LogP contribution is 2.22. The van der Waals surface area contributed by atoms with Crippen LogP contribution in [0.5, 0.6) is 0 Å². The van der Waals surface area contributed by atoms with E-state index in [1.165, 1.54) is 6.07 Å². The lowest BCUT2D eigenvalue weighted by molar-refractivity contribution is 0.563. The summed E-state index contributed by atoms with van der Waals surface area (Å²) in [6.45, 7) is 3.57. The Morgan fingerprint density at radius 1 is 1.25 bits per heavy atom. The summed E-state index contributed by atoms with van der Waals surface area (Å²) in [6, 6.07) is 4.19. The number of nitrogens with one attached hydrogen (secondary N) is 1. The molecule has 1 aromatic rings. The van der Waals surface area contributed by atoms with Gasteiger partial charge in [-0.25, -0.2) is 21.6 Å². The first kappa shape index (κ1) is 15.8. The Morgan fingerprint density at radius 3 is 2.40 bits per heavy atom. The predicted octanol–water partition coefficient (Wildman–Crippen LogP) is 0.986. The minimum absolute atomic E-state index is 0.149. The van der Waals surface area contributed by atoms with Crippen molar-refractivity contribution >= 4 is 31.5 Å². The molecule has 1 N–H and O–H groups in total. The summed E-state index contributed by atoms with van der Waals surface area (Å²) >= 11 is 5.92. The smallest absolute Gasteiger partial charge is 0.229 e. The van der Waals surface area contributed by atoms with Gasteiger partial charge in [-0.2, -0.15) is 0 Å². The molecule has 0 aromatic heterocycles. The van der Waals surface area contributed by atoms with Gasteiger partial charge in [-0.15, -0.1) is 11.6 Å². The third-order valence-electron chi connectivity index (χ3n) is 3.21. The van der Waals surface area contributed by atoms with Gasteiger partial charge in [0.05, 0.1) is 27.8 Å². The van der Waals surface area contributed by atoms with E-state index in [-0.39, 0.29) is 16.4 Å². The number of sulfonamides is 1. The number of alkyl halides is 1. The first-order valence-corrected chi connectivity index (χ1v) is 9.79. The quantitative estimate of drug-likeness (QED) is 0.834. The van der Waals surface area contributed by atoms with Crippen LogP contribution >= 0.6 is 11.6 Å². The summed E-state index contributed by atoms with van der Waals surface area (Å²) in [6.07, 6.45) is 0. The van der Waals surface area contributed by atoms with Gasteiger partial charge in [0, 0.05) is 0 Å². The molecular weight excluding hydrogens is 322 g/mol. The van der Waals surface area contributed by atoms with E-state index in [4.69, 9.17) is 11.6 Å². The third kappa shape index (κ3) is 3.33. The van der Waals surface area contributed by atoms with Crippen LogP contribution < -0.4 is 4.72 Å². The molecule has 1 heterocycles. The molecule has 112 valence electrons. The van der Waals surface area contributed by atoms with Crippen LogP contribution in [0.25, 0.3) is 0 Å². The number of aryl methyl sites for hydroxylation is 2. The maximum atomic E-state index is 12.3. The lowest BCUT2D eigenvalue weighted by atomic mass is 10.2. The van der Waals surface area contributed by atoms with Crippen molar-refractivity contribution in [2.24, 2.45) is 0 Å². The molecule has 1 aliphatic rings. The SMILES string of the molecule is Cc1ccc(S(=O)(=O)N[C@@H]2CS(=O)(=O)C[C@H]2Cl)c(C)c1. The first-order chi connectivity index (χ1) is 9.11. The predicted molar refractivity (Wildman–Crippen MR) is 78.3 cm³/mol. The zero-order valence-corrected chi connectivity index (χ0v) is 13.5. The minimum atomic E-state index is -3.77. The second-order valence-corrected chi connectivity index (χ2v) is 9.49. The van der Waals surface area contributed by atoms with Crippen molar-refractivity contribution in [1.29, 1.82) is 0 Å². The van der Waals surface area contributed by atoms with Crippen molar-refractivity contribution in [2.75, 3.05) is 11.5 Å². The number of sulfone groups is 1. The highest BCUT2D eigenvalue weighted by atomic mass is 35.5. The van der Waals surface area contributed by atoms with Crippen molar-refractivity contribution < 1.29 is 16.8 Å². The number of halogens is 1. The fraction of sp³-hybridized carbons (Fsp3) is 0.500. The fourth-order valence-electron chi connectivity index (χ4n) is 2.28. The van der Waals surface area contributed by atoms with Crippen molar-refractivity contribution in [2.45, 2.75) is 30.2 Å². The average Bonchev–Trinajstić information content (AvgIpc) is 2.50. The van der Waals surface area contributed by atoms with Crippen molar-refractivity contribution in [3.63, 3.8) is 0 Å². The molecule has 0 bridgehead atoms. The molecule has 0 radical (unpaired) electrons. The molecule has 0 unspecified atom stereocenters. The highest BCUT2D eigenvalue weighted by Gasteiger charge is 2.39. The molecule has 1 aromatic carbocycles. The number of hydrogen-bond donors (Lipinski definition) is 1. The van der Waals surface area contributed by atoms with Gasteiger partial charge in [-0.3, -0.25) is 0 Å². The van der Waals surface area contributed by atoms with Crippen LogP contribution in [0, 0.1) is 13.8 Å². The Morgan fingerprint density at radius 2 is 1.90 bits per heavy atom. The lowest BCUT2D eigenvalue weighted by Crippen LogP contribution is -2.40. The standard InChI is InChI=1S/C12H16ClNO4S2/c1-8-3-4-12(9(2)5-8)20(17,18)14-11-7-19(15,16)6-10(11)13/h3-5,10-11,14H,6-7H2,1-2H3/t10-,11-/m1/s1. The van der Waals surface area contributed by atoms with Crippen LogP contribution in [0.15, 0.2) is 23.1 Å². The Hall–Kier alpha value is -0.630. The maximum absolute atomic E-state index is 12.3. The second-order valence-electron chi connectivity index (χ2n) is 5.09. The van der Waals surface area contributed by atoms with Crippen LogP contribution in [-0.2, 0) is 19.9 Å². The van der Waals surface area contributed by atoms with E-state index < -0.39 is 31.3 Å². The molecule has 1 saturated heterocycles. The molecule has 2 rings (SSSR count). The number of rotatable bonds is 3. The van der Waals surface area contributed by atoms with Crippen molar-refractivity contribution in [1.82, 2.24) is 4.72 Å². The van der Waals surface area contributed by atoms with Gasteiger partial charge >= 0.3 is 0 Å². The van der Waals surface area contributed by atoms with Crippen molar-refractivity contribution in [3.05, 3.63) is 29.3 Å². The molecule has 2 atom stereocenters. The molecule has 1 aliphatic heterocycles. The van der Waals surface area contributed by atoms with E-state index in [0.29, 0.717) is 5.56 Å². The van der Waals surface area contributed by atoms with Gasteiger partial charge < -0.3 is 0 Å². The zero-order chi connectivity index (χ0) is 15.1. The fourth-order valence-corrected chi connectivity index (χ4v) is 6.51. The molecule has 0 amide bonds. The Balaban J connectivity index is 2.28. The highest BCUT2D eigenvalue weighted by molar-refractivity contribution is 7.92. The summed E-state index contributed by atoms with van der Waals surface area (Å²) in [5, 5.41) is -0.736. The summed E-state index contributed by atoms with van der Waals surface area (Å²) < 4.78 is 50.0. The first-order valence-electron chi connectivity index (χ1n) is 6.05. The van der Waals surface area contributed by atoms with E-state index in [9.17, 15) is 16.8 Å². The van der Waals surface area contributed by atoms with Gasteiger partial charge in [0.25, 0.3) is 0 Å². The number of hydrogen-bond acceptors (Lipinski definition) is 4. The maximum Gasteiger partial charge on any atom is 0.241 e. The Kier molecular flexibility index (Phi) is 4.17. The van der Waals surface area contributed by atoms with Gasteiger partial charge in [0.15, 0.2) is 9.84 Å². The normalized spacial score (nSPS) is 25.8. The summed E-state index contributed by atoms with van der Waals surface area (Å²) in [5.41, 5.74) is 1.57. The van der Waals surface area contributed by atoms with Gasteiger partial charge in [-0.1, -0.05) is 17.7 Å². The topological polar surface area (TPSA) is 80.3 Å². The minimum Gasteiger partial charge on any atom is -0.229 e. The van der Waals surface area contributed by atoms with E-state index in [2.05, 4.69) is 4.72 Å². The van der Waals surface area contributed by atoms with Crippen LogP contribution in [0.3, 0.4) is 0 Å². The van der Waals surface area contributed by atoms with Crippen LogP contribution in [0.2, 0.25) is 0 Å². The van der Waals surface area contributed by atoms with Gasteiger partial charge in [0.2, 0.25) is 10.0 Å². The van der Waals surface area contributed by atoms with E-state index >= 15 is 0 Å². The summed E-state index contributed by atoms with van der Waals surface area (Å²) in [5.74, 6) is -0.458. The largest absolute Gasteiger partial charge is 0.241 e. The third-order valence-corrected chi connectivity index (χ3v) is 7.24. The zero-order valence-electron chi connectivity index (χ0n) is 11.1. The van der Waals surface area contributed by atoms with Crippen molar-refractivity contribution in [3.8, 4) is 0 Å². The van der Waals surface area contributed by atoms with E-state index in [1.54, 1.807) is 19.1 Å². The van der Waals surface area contributed by atoms with Crippen LogP contribution in [0.4, 0.5) is 0 Å². The molecule has 0 aliphatic carbocycles. The Bertz CT molecular complexity index is 728. The molecule has 0 saturated carbocycles. The molecule has 0 spiro atoms. The summed E-state index contributed by atoms with van der Waals surface area (Å²) in [4.78, 5) is 0.149. The lowest BCUT2D eigenvalue weighted by Gasteiger charge is -2.16. The van der Waals surface area contributed by atoms with E-state index in [0.717, 1.165) is 5.56 Å². The molecule has 8 heteroatoms. The molecular formula is C12H16ClNO4S2. The Labute approximate surface area is 124 Å². The monoisotopic (exact) mass is 337 g/mol. The van der Waals surface area contributed by atoms with Gasteiger partial charge in [0.1, 0.15) is 0 Å².